The molecule has 0 aliphatic heterocycles. The van der Waals surface area contributed by atoms with Crippen molar-refractivity contribution in [2.75, 3.05) is 27.2 Å². The standard InChI is InChI=1S/C20H27N3O/c1-16(14-23(2)3)20(15-22-19(21)24,17-10-6-4-7-11-17)18-12-8-5-9-13-18/h4-13,16H,14-15H2,1-3H3,(H3,21,22,24). The van der Waals surface area contributed by atoms with Gasteiger partial charge in [-0.1, -0.05) is 67.6 Å². The van der Waals surface area contributed by atoms with Gasteiger partial charge in [-0.05, 0) is 31.1 Å². The molecule has 0 fully saturated rings. The molecule has 0 aliphatic carbocycles. The summed E-state index contributed by atoms with van der Waals surface area (Å²) in [7, 11) is 4.14. The largest absolute Gasteiger partial charge is 0.352 e. The zero-order chi connectivity index (χ0) is 17.6. The monoisotopic (exact) mass is 325 g/mol. The predicted molar refractivity (Wildman–Crippen MR) is 99.0 cm³/mol. The Balaban J connectivity index is 2.60. The highest BCUT2D eigenvalue weighted by Gasteiger charge is 2.40. The number of carbonyl (C=O) groups is 1. The van der Waals surface area contributed by atoms with Crippen LogP contribution < -0.4 is 11.1 Å². The van der Waals surface area contributed by atoms with Gasteiger partial charge in [-0.2, -0.15) is 0 Å². The van der Waals surface area contributed by atoms with E-state index in [2.05, 4.69) is 55.5 Å². The quantitative estimate of drug-likeness (QED) is 0.822. The summed E-state index contributed by atoms with van der Waals surface area (Å²) in [6.45, 7) is 3.58. The van der Waals surface area contributed by atoms with E-state index in [0.717, 1.165) is 6.54 Å². The summed E-state index contributed by atoms with van der Waals surface area (Å²) >= 11 is 0. The minimum absolute atomic E-state index is 0.268. The van der Waals surface area contributed by atoms with Crippen LogP contribution in [0.2, 0.25) is 0 Å². The minimum atomic E-state index is -0.497. The number of carbonyl (C=O) groups excluding carboxylic acids is 1. The van der Waals surface area contributed by atoms with Crippen LogP contribution >= 0.6 is 0 Å². The maximum Gasteiger partial charge on any atom is 0.312 e. The number of amides is 2. The molecule has 0 spiro atoms. The third-order valence-corrected chi connectivity index (χ3v) is 4.60. The topological polar surface area (TPSA) is 58.4 Å². The molecule has 1 atom stereocenters. The van der Waals surface area contributed by atoms with Crippen LogP contribution in [0.5, 0.6) is 0 Å². The Hall–Kier alpha value is -2.33. The Labute approximate surface area is 144 Å². The molecule has 0 saturated carbocycles. The Morgan fingerprint density at radius 3 is 1.88 bits per heavy atom. The first-order chi connectivity index (χ1) is 11.5. The van der Waals surface area contributed by atoms with Crippen molar-refractivity contribution in [1.82, 2.24) is 10.2 Å². The van der Waals surface area contributed by atoms with E-state index in [1.54, 1.807) is 0 Å². The lowest BCUT2D eigenvalue weighted by molar-refractivity contribution is 0.231. The Kier molecular flexibility index (Phi) is 5.99. The predicted octanol–water partition coefficient (Wildman–Crippen LogP) is 2.84. The van der Waals surface area contributed by atoms with Crippen molar-refractivity contribution in [2.24, 2.45) is 11.7 Å². The van der Waals surface area contributed by atoms with E-state index in [4.69, 9.17) is 5.73 Å². The number of nitrogens with one attached hydrogen (secondary N) is 1. The number of hydrogen-bond donors (Lipinski definition) is 2. The second-order valence-corrected chi connectivity index (χ2v) is 6.58. The van der Waals surface area contributed by atoms with Crippen molar-refractivity contribution in [1.29, 1.82) is 0 Å². The van der Waals surface area contributed by atoms with E-state index in [9.17, 15) is 4.79 Å². The van der Waals surface area contributed by atoms with Crippen LogP contribution in [-0.4, -0.2) is 38.1 Å². The van der Waals surface area contributed by atoms with Gasteiger partial charge in [-0.15, -0.1) is 0 Å². The summed E-state index contributed by atoms with van der Waals surface area (Å²) < 4.78 is 0. The fraction of sp³-hybridized carbons (Fsp3) is 0.350. The van der Waals surface area contributed by atoms with Crippen LogP contribution in [0.25, 0.3) is 0 Å². The van der Waals surface area contributed by atoms with E-state index >= 15 is 0 Å². The van der Waals surface area contributed by atoms with E-state index in [1.807, 2.05) is 36.4 Å². The first kappa shape index (κ1) is 18.0. The number of nitrogens with two attached hydrogens (primary N) is 1. The van der Waals surface area contributed by atoms with Crippen molar-refractivity contribution in [3.63, 3.8) is 0 Å². The number of benzene rings is 2. The highest BCUT2D eigenvalue weighted by atomic mass is 16.2. The zero-order valence-corrected chi connectivity index (χ0v) is 14.7. The number of rotatable bonds is 7. The summed E-state index contributed by atoms with van der Waals surface area (Å²) in [5.74, 6) is 0.268. The molecule has 3 N–H and O–H groups in total. The maximum atomic E-state index is 11.5. The van der Waals surface area contributed by atoms with Gasteiger partial charge in [-0.25, -0.2) is 4.79 Å². The normalized spacial score (nSPS) is 12.8. The summed E-state index contributed by atoms with van der Waals surface area (Å²) in [6, 6.07) is 20.2. The molecule has 2 rings (SSSR count). The molecule has 0 saturated heterocycles. The lowest BCUT2D eigenvalue weighted by Crippen LogP contribution is -2.49. The number of nitrogens with zero attached hydrogens (tertiary/aromatic N) is 1. The number of primary amides is 1. The molecule has 2 amide bonds. The van der Waals surface area contributed by atoms with Gasteiger partial charge < -0.3 is 16.0 Å². The van der Waals surface area contributed by atoms with Crippen LogP contribution in [0.1, 0.15) is 18.1 Å². The molecule has 1 unspecified atom stereocenters. The lowest BCUT2D eigenvalue weighted by Gasteiger charge is -2.41. The number of hydrogen-bond acceptors (Lipinski definition) is 2. The third-order valence-electron chi connectivity index (χ3n) is 4.60. The average molecular weight is 325 g/mol. The van der Waals surface area contributed by atoms with E-state index < -0.39 is 6.03 Å². The first-order valence-electron chi connectivity index (χ1n) is 8.26. The van der Waals surface area contributed by atoms with Gasteiger partial charge in [0.2, 0.25) is 0 Å². The molecule has 24 heavy (non-hydrogen) atoms. The second kappa shape index (κ2) is 7.97. The molecular formula is C20H27N3O. The van der Waals surface area contributed by atoms with Gasteiger partial charge in [0.25, 0.3) is 0 Å². The third kappa shape index (κ3) is 3.95. The maximum absolute atomic E-state index is 11.5. The summed E-state index contributed by atoms with van der Waals surface area (Å²) in [4.78, 5) is 13.6. The highest BCUT2D eigenvalue weighted by Crippen LogP contribution is 2.39. The molecule has 0 bridgehead atoms. The lowest BCUT2D eigenvalue weighted by atomic mass is 9.66. The fourth-order valence-corrected chi connectivity index (χ4v) is 3.52. The van der Waals surface area contributed by atoms with E-state index in [-0.39, 0.29) is 11.3 Å². The second-order valence-electron chi connectivity index (χ2n) is 6.58. The van der Waals surface area contributed by atoms with Crippen molar-refractivity contribution < 1.29 is 4.79 Å². The zero-order valence-electron chi connectivity index (χ0n) is 14.7. The summed E-state index contributed by atoms with van der Waals surface area (Å²) in [6.07, 6.45) is 0. The van der Waals surface area contributed by atoms with E-state index in [0.29, 0.717) is 6.54 Å². The van der Waals surface area contributed by atoms with Crippen LogP contribution in [-0.2, 0) is 5.41 Å². The highest BCUT2D eigenvalue weighted by molar-refractivity contribution is 5.72. The summed E-state index contributed by atoms with van der Waals surface area (Å²) in [5.41, 5.74) is 7.41. The Morgan fingerprint density at radius 1 is 1.04 bits per heavy atom. The fourth-order valence-electron chi connectivity index (χ4n) is 3.52. The molecule has 2 aromatic rings. The Morgan fingerprint density at radius 2 is 1.50 bits per heavy atom. The van der Waals surface area contributed by atoms with Gasteiger partial charge in [0.15, 0.2) is 0 Å². The molecule has 0 aliphatic rings. The molecule has 0 heterocycles. The van der Waals surface area contributed by atoms with Crippen molar-refractivity contribution in [3.8, 4) is 0 Å². The van der Waals surface area contributed by atoms with Gasteiger partial charge in [0, 0.05) is 18.5 Å². The van der Waals surface area contributed by atoms with Crippen LogP contribution in [0.3, 0.4) is 0 Å². The van der Waals surface area contributed by atoms with Gasteiger partial charge in [0.1, 0.15) is 0 Å². The van der Waals surface area contributed by atoms with Gasteiger partial charge >= 0.3 is 6.03 Å². The number of urea groups is 1. The van der Waals surface area contributed by atoms with Crippen molar-refractivity contribution in [2.45, 2.75) is 12.3 Å². The first-order valence-corrected chi connectivity index (χ1v) is 8.26. The Bertz CT molecular complexity index is 601. The van der Waals surface area contributed by atoms with Crippen molar-refractivity contribution in [3.05, 3.63) is 71.8 Å². The minimum Gasteiger partial charge on any atom is -0.352 e. The SMILES string of the molecule is CC(CN(C)C)C(CNC(N)=O)(c1ccccc1)c1ccccc1. The molecule has 4 nitrogen and oxygen atoms in total. The van der Waals surface area contributed by atoms with Crippen LogP contribution in [0.15, 0.2) is 60.7 Å². The molecule has 0 radical (unpaired) electrons. The molecule has 2 aromatic carbocycles. The average Bonchev–Trinajstić information content (AvgIpc) is 2.56. The summed E-state index contributed by atoms with van der Waals surface area (Å²) in [5, 5.41) is 2.86. The smallest absolute Gasteiger partial charge is 0.312 e. The molecule has 128 valence electrons. The molecular weight excluding hydrogens is 298 g/mol. The molecule has 0 aromatic heterocycles. The van der Waals surface area contributed by atoms with Crippen LogP contribution in [0, 0.1) is 5.92 Å². The van der Waals surface area contributed by atoms with Gasteiger partial charge in [-0.3, -0.25) is 0 Å². The van der Waals surface area contributed by atoms with E-state index in [1.165, 1.54) is 11.1 Å². The van der Waals surface area contributed by atoms with Crippen LogP contribution in [0.4, 0.5) is 4.79 Å². The van der Waals surface area contributed by atoms with Gasteiger partial charge in [0.05, 0.1) is 0 Å². The molecule has 4 heteroatoms. The van der Waals surface area contributed by atoms with Crippen molar-refractivity contribution >= 4 is 6.03 Å².